The van der Waals surface area contributed by atoms with Crippen molar-refractivity contribution < 1.29 is 0 Å². The molecular formula is C13H20BrN3. The van der Waals surface area contributed by atoms with Crippen molar-refractivity contribution in [2.75, 3.05) is 18.0 Å². The number of halogens is 1. The zero-order chi connectivity index (χ0) is 12.4. The Kier molecular flexibility index (Phi) is 4.02. The fraction of sp³-hybridized carbons (Fsp3) is 0.692. The van der Waals surface area contributed by atoms with Gasteiger partial charge in [0.25, 0.3) is 0 Å². The Hall–Kier alpha value is -0.640. The Morgan fingerprint density at radius 2 is 2.00 bits per heavy atom. The minimum absolute atomic E-state index is 0.796. The molecule has 0 unspecified atom stereocenters. The van der Waals surface area contributed by atoms with E-state index in [4.69, 9.17) is 0 Å². The van der Waals surface area contributed by atoms with Crippen LogP contribution in [0.2, 0.25) is 0 Å². The number of hydrogen-bond acceptors (Lipinski definition) is 3. The third-order valence-electron chi connectivity index (χ3n) is 3.67. The van der Waals surface area contributed by atoms with Gasteiger partial charge in [0.05, 0.1) is 10.2 Å². The topological polar surface area (TPSA) is 29.0 Å². The molecule has 0 radical (unpaired) electrons. The number of nitrogens with zero attached hydrogens (tertiary/aromatic N) is 3. The van der Waals surface area contributed by atoms with E-state index in [1.807, 2.05) is 13.1 Å². The highest BCUT2D eigenvalue weighted by molar-refractivity contribution is 9.10. The minimum Gasteiger partial charge on any atom is -0.341 e. The summed E-state index contributed by atoms with van der Waals surface area (Å²) in [6, 6.07) is 0. The van der Waals surface area contributed by atoms with Crippen LogP contribution >= 0.6 is 15.9 Å². The lowest BCUT2D eigenvalue weighted by Crippen LogP contribution is -2.36. The number of aromatic nitrogens is 2. The van der Waals surface area contributed by atoms with Crippen molar-refractivity contribution in [1.29, 1.82) is 0 Å². The molecule has 2 rings (SSSR count). The molecule has 1 aromatic heterocycles. The molecule has 17 heavy (non-hydrogen) atoms. The summed E-state index contributed by atoms with van der Waals surface area (Å²) in [5.41, 5.74) is 1.01. The number of hydrogen-bond donors (Lipinski definition) is 0. The van der Waals surface area contributed by atoms with Crippen LogP contribution in [0.15, 0.2) is 10.7 Å². The average molecular weight is 298 g/mol. The second-order valence-corrected chi connectivity index (χ2v) is 6.03. The Labute approximate surface area is 112 Å². The molecule has 4 heteroatoms. The summed E-state index contributed by atoms with van der Waals surface area (Å²) in [5, 5.41) is 0. The summed E-state index contributed by atoms with van der Waals surface area (Å²) >= 11 is 3.44. The molecule has 1 fully saturated rings. The van der Waals surface area contributed by atoms with Crippen LogP contribution in [0.25, 0.3) is 0 Å². The fourth-order valence-electron chi connectivity index (χ4n) is 2.36. The minimum atomic E-state index is 0.796. The highest BCUT2D eigenvalue weighted by Crippen LogP contribution is 2.26. The highest BCUT2D eigenvalue weighted by atomic mass is 79.9. The van der Waals surface area contributed by atoms with Gasteiger partial charge in [-0.3, -0.25) is 0 Å². The van der Waals surface area contributed by atoms with Crippen LogP contribution in [0.3, 0.4) is 0 Å². The van der Waals surface area contributed by atoms with Gasteiger partial charge in [-0.15, -0.1) is 0 Å². The normalized spacial score (nSPS) is 17.8. The summed E-state index contributed by atoms with van der Waals surface area (Å²) < 4.78 is 0.985. The van der Waals surface area contributed by atoms with Gasteiger partial charge in [0, 0.05) is 19.3 Å². The van der Waals surface area contributed by atoms with E-state index in [0.717, 1.165) is 41.0 Å². The van der Waals surface area contributed by atoms with Crippen LogP contribution in [-0.4, -0.2) is 23.1 Å². The molecule has 0 aliphatic carbocycles. The molecule has 0 atom stereocenters. The van der Waals surface area contributed by atoms with E-state index >= 15 is 0 Å². The van der Waals surface area contributed by atoms with Gasteiger partial charge >= 0.3 is 0 Å². The first-order valence-corrected chi connectivity index (χ1v) is 7.11. The average Bonchev–Trinajstić information content (AvgIpc) is 2.33. The maximum atomic E-state index is 4.53. The highest BCUT2D eigenvalue weighted by Gasteiger charge is 2.23. The van der Waals surface area contributed by atoms with Crippen LogP contribution in [-0.2, 0) is 0 Å². The summed E-state index contributed by atoms with van der Waals surface area (Å²) in [6.45, 7) is 8.82. The smallest absolute Gasteiger partial charge is 0.225 e. The van der Waals surface area contributed by atoms with Crippen molar-refractivity contribution in [1.82, 2.24) is 9.97 Å². The van der Waals surface area contributed by atoms with Crippen molar-refractivity contribution in [3.8, 4) is 0 Å². The van der Waals surface area contributed by atoms with Gasteiger partial charge in [-0.1, -0.05) is 13.8 Å². The summed E-state index contributed by atoms with van der Waals surface area (Å²) in [6.07, 6.45) is 4.37. The van der Waals surface area contributed by atoms with E-state index < -0.39 is 0 Å². The number of anilines is 1. The Morgan fingerprint density at radius 3 is 2.53 bits per heavy atom. The van der Waals surface area contributed by atoms with Gasteiger partial charge in [-0.05, 0) is 47.5 Å². The molecule has 0 N–H and O–H groups in total. The first kappa shape index (κ1) is 12.8. The van der Waals surface area contributed by atoms with E-state index in [9.17, 15) is 0 Å². The van der Waals surface area contributed by atoms with E-state index in [0.29, 0.717) is 0 Å². The van der Waals surface area contributed by atoms with Crippen LogP contribution in [0.5, 0.6) is 0 Å². The summed E-state index contributed by atoms with van der Waals surface area (Å²) in [7, 11) is 0. The van der Waals surface area contributed by atoms with Crippen LogP contribution < -0.4 is 4.90 Å². The molecule has 1 saturated heterocycles. The van der Waals surface area contributed by atoms with Crippen LogP contribution in [0.1, 0.15) is 32.4 Å². The molecule has 1 aliphatic heterocycles. The number of piperidine rings is 1. The lowest BCUT2D eigenvalue weighted by atomic mass is 9.87. The zero-order valence-electron chi connectivity index (χ0n) is 10.8. The van der Waals surface area contributed by atoms with E-state index in [2.05, 4.69) is 44.6 Å². The Morgan fingerprint density at radius 1 is 1.35 bits per heavy atom. The molecule has 0 aromatic carbocycles. The predicted octanol–water partition coefficient (Wildman–Crippen LogP) is 3.42. The first-order chi connectivity index (χ1) is 8.08. The number of aryl methyl sites for hydroxylation is 1. The zero-order valence-corrected chi connectivity index (χ0v) is 12.4. The second kappa shape index (κ2) is 5.34. The molecule has 0 bridgehead atoms. The van der Waals surface area contributed by atoms with Crippen molar-refractivity contribution in [3.63, 3.8) is 0 Å². The predicted molar refractivity (Wildman–Crippen MR) is 74.2 cm³/mol. The van der Waals surface area contributed by atoms with Crippen molar-refractivity contribution in [2.45, 2.75) is 33.6 Å². The third-order valence-corrected chi connectivity index (χ3v) is 4.45. The number of rotatable bonds is 2. The molecular weight excluding hydrogens is 278 g/mol. The standard InChI is InChI=1S/C13H20BrN3/c1-9(2)11-4-6-17(7-5-11)13-15-8-12(14)10(3)16-13/h8-9,11H,4-7H2,1-3H3. The molecule has 0 amide bonds. The monoisotopic (exact) mass is 297 g/mol. The van der Waals surface area contributed by atoms with Crippen molar-refractivity contribution in [2.24, 2.45) is 11.8 Å². The van der Waals surface area contributed by atoms with Gasteiger partial charge < -0.3 is 4.90 Å². The van der Waals surface area contributed by atoms with Gasteiger partial charge in [0.1, 0.15) is 0 Å². The lowest BCUT2D eigenvalue weighted by molar-refractivity contribution is 0.310. The molecule has 3 nitrogen and oxygen atoms in total. The van der Waals surface area contributed by atoms with Gasteiger partial charge in [-0.2, -0.15) is 0 Å². The van der Waals surface area contributed by atoms with E-state index in [1.54, 1.807) is 0 Å². The molecule has 1 aliphatic rings. The van der Waals surface area contributed by atoms with E-state index in [-0.39, 0.29) is 0 Å². The Bertz CT molecular complexity index is 384. The molecule has 94 valence electrons. The molecule has 0 saturated carbocycles. The lowest BCUT2D eigenvalue weighted by Gasteiger charge is -2.33. The van der Waals surface area contributed by atoms with Gasteiger partial charge in [0.15, 0.2) is 0 Å². The molecule has 0 spiro atoms. The van der Waals surface area contributed by atoms with Crippen molar-refractivity contribution in [3.05, 3.63) is 16.4 Å². The quantitative estimate of drug-likeness (QED) is 0.837. The maximum absolute atomic E-state index is 4.53. The first-order valence-electron chi connectivity index (χ1n) is 6.32. The van der Waals surface area contributed by atoms with Gasteiger partial charge in [-0.25, -0.2) is 9.97 Å². The van der Waals surface area contributed by atoms with Crippen LogP contribution in [0.4, 0.5) is 5.95 Å². The van der Waals surface area contributed by atoms with E-state index in [1.165, 1.54) is 12.8 Å². The second-order valence-electron chi connectivity index (χ2n) is 5.17. The third kappa shape index (κ3) is 2.97. The van der Waals surface area contributed by atoms with Crippen LogP contribution in [0, 0.1) is 18.8 Å². The molecule has 1 aromatic rings. The van der Waals surface area contributed by atoms with Gasteiger partial charge in [0.2, 0.25) is 5.95 Å². The largest absolute Gasteiger partial charge is 0.341 e. The Balaban J connectivity index is 2.03. The summed E-state index contributed by atoms with van der Waals surface area (Å²) in [5.74, 6) is 2.54. The fourth-order valence-corrected chi connectivity index (χ4v) is 2.55. The van der Waals surface area contributed by atoms with Crippen molar-refractivity contribution >= 4 is 21.9 Å². The SMILES string of the molecule is Cc1nc(N2CCC(C(C)C)CC2)ncc1Br. The maximum Gasteiger partial charge on any atom is 0.225 e. The summed E-state index contributed by atoms with van der Waals surface area (Å²) in [4.78, 5) is 11.2. The molecule has 2 heterocycles.